The zero-order valence-electron chi connectivity index (χ0n) is 16.1. The Labute approximate surface area is 156 Å². The molecular weight excluding hydrogens is 326 g/mol. The van der Waals surface area contributed by atoms with Crippen LogP contribution in [0.2, 0.25) is 0 Å². The molecule has 1 aromatic rings. The highest BCUT2D eigenvalue weighted by Crippen LogP contribution is 2.42. The molecule has 1 saturated carbocycles. The van der Waals surface area contributed by atoms with Gasteiger partial charge in [-0.2, -0.15) is 0 Å². The third-order valence-corrected chi connectivity index (χ3v) is 6.73. The van der Waals surface area contributed by atoms with E-state index in [1.165, 1.54) is 12.8 Å². The van der Waals surface area contributed by atoms with Crippen molar-refractivity contribution in [2.75, 3.05) is 19.6 Å². The maximum atomic E-state index is 13.3. The zero-order chi connectivity index (χ0) is 18.3. The van der Waals surface area contributed by atoms with Gasteiger partial charge in [0.1, 0.15) is 5.69 Å². The minimum Gasteiger partial charge on any atom is -0.341 e. The number of piperidine rings is 1. The Morgan fingerprint density at radius 1 is 1.15 bits per heavy atom. The highest BCUT2D eigenvalue weighted by Gasteiger charge is 2.50. The van der Waals surface area contributed by atoms with Crippen LogP contribution in [-0.2, 0) is 4.79 Å². The molecule has 0 aromatic carbocycles. The lowest BCUT2D eigenvalue weighted by Gasteiger charge is -2.42. The Balaban J connectivity index is 1.50. The van der Waals surface area contributed by atoms with Gasteiger partial charge in [-0.1, -0.05) is 12.8 Å². The molecule has 1 unspecified atom stereocenters. The second kappa shape index (κ2) is 6.75. The van der Waals surface area contributed by atoms with Gasteiger partial charge in [-0.15, -0.1) is 0 Å². The van der Waals surface area contributed by atoms with Crippen molar-refractivity contribution < 1.29 is 9.59 Å². The van der Waals surface area contributed by atoms with Crippen LogP contribution in [0.5, 0.6) is 0 Å². The van der Waals surface area contributed by atoms with Gasteiger partial charge >= 0.3 is 0 Å². The Kier molecular flexibility index (Phi) is 4.57. The van der Waals surface area contributed by atoms with Crippen LogP contribution in [0.25, 0.3) is 0 Å². The third-order valence-electron chi connectivity index (χ3n) is 6.73. The number of amides is 2. The number of carbonyl (C=O) groups is 2. The van der Waals surface area contributed by atoms with Gasteiger partial charge in [0.25, 0.3) is 5.91 Å². The lowest BCUT2D eigenvalue weighted by molar-refractivity contribution is -0.148. The van der Waals surface area contributed by atoms with Gasteiger partial charge in [0.2, 0.25) is 5.91 Å². The molecule has 5 nitrogen and oxygen atoms in total. The first-order chi connectivity index (χ1) is 12.5. The summed E-state index contributed by atoms with van der Waals surface area (Å²) in [7, 11) is 0. The Morgan fingerprint density at radius 3 is 2.65 bits per heavy atom. The molecule has 26 heavy (non-hydrogen) atoms. The van der Waals surface area contributed by atoms with E-state index in [2.05, 4.69) is 18.7 Å². The summed E-state index contributed by atoms with van der Waals surface area (Å²) in [4.78, 5) is 30.5. The molecule has 3 heterocycles. The number of nitrogens with zero attached hydrogens (tertiary/aromatic N) is 3. The molecule has 4 rings (SSSR count). The molecule has 0 bridgehead atoms. The SMILES string of the molecule is CC(C)n1cccc1C(=O)N1CCC2(CCCN(C3CCCC3)C2=O)C1. The molecule has 142 valence electrons. The predicted octanol–water partition coefficient (Wildman–Crippen LogP) is 3.47. The van der Waals surface area contributed by atoms with Crippen LogP contribution in [0.4, 0.5) is 0 Å². The largest absolute Gasteiger partial charge is 0.341 e. The highest BCUT2D eigenvalue weighted by molar-refractivity contribution is 5.94. The predicted molar refractivity (Wildman–Crippen MR) is 101 cm³/mol. The second-order valence-corrected chi connectivity index (χ2v) is 8.69. The summed E-state index contributed by atoms with van der Waals surface area (Å²) >= 11 is 0. The first kappa shape index (κ1) is 17.6. The number of hydrogen-bond donors (Lipinski definition) is 0. The molecule has 0 radical (unpaired) electrons. The van der Waals surface area contributed by atoms with Gasteiger partial charge in [0, 0.05) is 37.9 Å². The average Bonchev–Trinajstić information content (AvgIpc) is 3.38. The minimum atomic E-state index is -0.328. The smallest absolute Gasteiger partial charge is 0.270 e. The van der Waals surface area contributed by atoms with E-state index in [9.17, 15) is 9.59 Å². The van der Waals surface area contributed by atoms with E-state index in [0.717, 1.165) is 44.3 Å². The molecule has 2 aliphatic heterocycles. The molecule has 2 amide bonds. The maximum absolute atomic E-state index is 13.3. The number of aromatic nitrogens is 1. The van der Waals surface area contributed by atoms with Crippen molar-refractivity contribution in [3.05, 3.63) is 24.0 Å². The first-order valence-corrected chi connectivity index (χ1v) is 10.3. The van der Waals surface area contributed by atoms with E-state index in [-0.39, 0.29) is 17.4 Å². The van der Waals surface area contributed by atoms with E-state index in [4.69, 9.17) is 0 Å². The van der Waals surface area contributed by atoms with Gasteiger partial charge in [-0.3, -0.25) is 9.59 Å². The fourth-order valence-corrected chi connectivity index (χ4v) is 5.28. The van der Waals surface area contributed by atoms with Crippen molar-refractivity contribution in [1.29, 1.82) is 0 Å². The van der Waals surface area contributed by atoms with E-state index < -0.39 is 0 Å². The lowest BCUT2D eigenvalue weighted by atomic mass is 9.77. The molecule has 1 atom stereocenters. The van der Waals surface area contributed by atoms with Crippen LogP contribution >= 0.6 is 0 Å². The van der Waals surface area contributed by atoms with Crippen molar-refractivity contribution in [2.24, 2.45) is 5.41 Å². The maximum Gasteiger partial charge on any atom is 0.270 e. The molecule has 2 saturated heterocycles. The summed E-state index contributed by atoms with van der Waals surface area (Å²) in [6.07, 6.45) is 9.62. The number of carbonyl (C=O) groups excluding carboxylic acids is 2. The molecule has 3 fully saturated rings. The molecular formula is C21H31N3O2. The van der Waals surface area contributed by atoms with E-state index in [1.54, 1.807) is 0 Å². The van der Waals surface area contributed by atoms with Gasteiger partial charge < -0.3 is 14.4 Å². The van der Waals surface area contributed by atoms with Crippen LogP contribution in [-0.4, -0.2) is 51.9 Å². The monoisotopic (exact) mass is 357 g/mol. The summed E-state index contributed by atoms with van der Waals surface area (Å²) in [5.74, 6) is 0.400. The summed E-state index contributed by atoms with van der Waals surface area (Å²) in [5.41, 5.74) is 0.416. The van der Waals surface area contributed by atoms with Crippen molar-refractivity contribution in [3.8, 4) is 0 Å². The molecule has 1 aliphatic carbocycles. The Bertz CT molecular complexity index is 689. The summed E-state index contributed by atoms with van der Waals surface area (Å²) in [6.45, 7) is 6.39. The summed E-state index contributed by atoms with van der Waals surface area (Å²) in [5, 5.41) is 0. The van der Waals surface area contributed by atoms with E-state index in [1.807, 2.05) is 27.8 Å². The van der Waals surface area contributed by atoms with Crippen molar-refractivity contribution in [1.82, 2.24) is 14.4 Å². The van der Waals surface area contributed by atoms with Gasteiger partial charge in [0.15, 0.2) is 0 Å². The van der Waals surface area contributed by atoms with Crippen molar-refractivity contribution in [2.45, 2.75) is 70.9 Å². The number of rotatable bonds is 3. The van der Waals surface area contributed by atoms with Crippen LogP contribution in [0.1, 0.15) is 75.3 Å². The minimum absolute atomic E-state index is 0.0753. The van der Waals surface area contributed by atoms with Crippen LogP contribution in [0.15, 0.2) is 18.3 Å². The van der Waals surface area contributed by atoms with E-state index in [0.29, 0.717) is 25.0 Å². The van der Waals surface area contributed by atoms with Crippen LogP contribution in [0, 0.1) is 5.41 Å². The number of likely N-dealkylation sites (tertiary alicyclic amines) is 2. The average molecular weight is 357 g/mol. The van der Waals surface area contributed by atoms with Gasteiger partial charge in [0.05, 0.1) is 5.41 Å². The molecule has 3 aliphatic rings. The quantitative estimate of drug-likeness (QED) is 0.831. The summed E-state index contributed by atoms with van der Waals surface area (Å²) in [6, 6.07) is 4.55. The fraction of sp³-hybridized carbons (Fsp3) is 0.714. The van der Waals surface area contributed by atoms with Crippen molar-refractivity contribution >= 4 is 11.8 Å². The summed E-state index contributed by atoms with van der Waals surface area (Å²) < 4.78 is 2.03. The van der Waals surface area contributed by atoms with Crippen LogP contribution < -0.4 is 0 Å². The van der Waals surface area contributed by atoms with Gasteiger partial charge in [-0.05, 0) is 58.1 Å². The van der Waals surface area contributed by atoms with E-state index >= 15 is 0 Å². The van der Waals surface area contributed by atoms with Crippen molar-refractivity contribution in [3.63, 3.8) is 0 Å². The fourth-order valence-electron chi connectivity index (χ4n) is 5.28. The van der Waals surface area contributed by atoms with Gasteiger partial charge in [-0.25, -0.2) is 0 Å². The normalized spacial score (nSPS) is 27.3. The second-order valence-electron chi connectivity index (χ2n) is 8.69. The molecule has 1 spiro atoms. The Hall–Kier alpha value is -1.78. The molecule has 5 heteroatoms. The molecule has 1 aromatic heterocycles. The first-order valence-electron chi connectivity index (χ1n) is 10.3. The molecule has 0 N–H and O–H groups in total. The highest BCUT2D eigenvalue weighted by atomic mass is 16.2. The third kappa shape index (κ3) is 2.85. The Morgan fingerprint density at radius 2 is 1.92 bits per heavy atom. The zero-order valence-corrected chi connectivity index (χ0v) is 16.1. The lowest BCUT2D eigenvalue weighted by Crippen LogP contribution is -2.53. The number of hydrogen-bond acceptors (Lipinski definition) is 2. The topological polar surface area (TPSA) is 45.6 Å². The standard InChI is InChI=1S/C21H31N3O2/c1-16(2)23-12-5-9-18(23)19(25)22-14-11-21(15-22)10-6-13-24(20(21)26)17-7-3-4-8-17/h5,9,12,16-17H,3-4,6-8,10-11,13-15H2,1-2H3. The van der Waals surface area contributed by atoms with Crippen LogP contribution in [0.3, 0.4) is 0 Å².